The summed E-state index contributed by atoms with van der Waals surface area (Å²) < 4.78 is 22.1. The monoisotopic (exact) mass is 450 g/mol. The molecule has 0 spiro atoms. The number of nitrogens with two attached hydrogens (primary N) is 1. The van der Waals surface area contributed by atoms with E-state index < -0.39 is 5.92 Å². The SMILES string of the molecule is COc1cc(-c2[nH]nc3c2[C@@H](c2ccc(SC)cc2)C(C#N)=C(N)O3)cc(OC)c1OC. The number of aromatic amines is 1. The number of ether oxygens (including phenoxy) is 4. The van der Waals surface area contributed by atoms with Crippen LogP contribution in [0, 0.1) is 11.3 Å². The second kappa shape index (κ2) is 8.77. The van der Waals surface area contributed by atoms with Crippen LogP contribution >= 0.6 is 11.8 Å². The molecule has 0 unspecified atom stereocenters. The van der Waals surface area contributed by atoms with Crippen molar-refractivity contribution in [1.82, 2.24) is 10.2 Å². The number of rotatable bonds is 6. The molecule has 0 radical (unpaired) electrons. The maximum absolute atomic E-state index is 9.89. The predicted molar refractivity (Wildman–Crippen MR) is 121 cm³/mol. The summed E-state index contributed by atoms with van der Waals surface area (Å²) >= 11 is 1.65. The summed E-state index contributed by atoms with van der Waals surface area (Å²) in [7, 11) is 4.66. The van der Waals surface area contributed by atoms with E-state index in [2.05, 4.69) is 16.3 Å². The summed E-state index contributed by atoms with van der Waals surface area (Å²) in [6.07, 6.45) is 2.01. The van der Waals surface area contributed by atoms with Gasteiger partial charge in [-0.2, -0.15) is 5.26 Å². The van der Waals surface area contributed by atoms with E-state index in [-0.39, 0.29) is 5.88 Å². The summed E-state index contributed by atoms with van der Waals surface area (Å²) in [5, 5.41) is 17.3. The molecule has 0 fully saturated rings. The van der Waals surface area contributed by atoms with Crippen LogP contribution in [-0.2, 0) is 0 Å². The van der Waals surface area contributed by atoms with Crippen molar-refractivity contribution in [2.75, 3.05) is 27.6 Å². The van der Waals surface area contributed by atoms with E-state index >= 15 is 0 Å². The molecule has 0 saturated carbocycles. The van der Waals surface area contributed by atoms with Gasteiger partial charge in [0, 0.05) is 10.5 Å². The first-order valence-electron chi connectivity index (χ1n) is 9.66. The van der Waals surface area contributed by atoms with Crippen molar-refractivity contribution in [3.63, 3.8) is 0 Å². The number of thioether (sulfide) groups is 1. The van der Waals surface area contributed by atoms with Gasteiger partial charge in [-0.15, -0.1) is 16.9 Å². The fourth-order valence-electron chi connectivity index (χ4n) is 3.82. The number of benzene rings is 2. The predicted octanol–water partition coefficient (Wildman–Crippen LogP) is 4.04. The molecule has 8 nitrogen and oxygen atoms in total. The molecule has 164 valence electrons. The van der Waals surface area contributed by atoms with E-state index in [4.69, 9.17) is 24.7 Å². The van der Waals surface area contributed by atoms with Gasteiger partial charge in [0.1, 0.15) is 11.6 Å². The lowest BCUT2D eigenvalue weighted by atomic mass is 9.83. The zero-order chi connectivity index (χ0) is 22.8. The van der Waals surface area contributed by atoms with Crippen LogP contribution in [-0.4, -0.2) is 37.8 Å². The van der Waals surface area contributed by atoms with Gasteiger partial charge in [0.15, 0.2) is 11.5 Å². The molecule has 32 heavy (non-hydrogen) atoms. The first-order valence-corrected chi connectivity index (χ1v) is 10.9. The topological polar surface area (TPSA) is 115 Å². The minimum absolute atomic E-state index is 0.0434. The second-order valence-electron chi connectivity index (χ2n) is 6.93. The number of methoxy groups -OCH3 is 3. The third-order valence-corrected chi connectivity index (χ3v) is 6.08. The number of nitrogens with zero attached hydrogens (tertiary/aromatic N) is 2. The molecule has 1 aliphatic rings. The van der Waals surface area contributed by atoms with Crippen molar-refractivity contribution in [3.05, 3.63) is 59.0 Å². The first-order chi connectivity index (χ1) is 15.6. The Labute approximate surface area is 189 Å². The van der Waals surface area contributed by atoms with Gasteiger partial charge in [-0.1, -0.05) is 12.1 Å². The molecule has 3 aromatic rings. The number of allylic oxidation sites excluding steroid dienone is 1. The molecule has 4 rings (SSSR count). The lowest BCUT2D eigenvalue weighted by Crippen LogP contribution is -2.21. The van der Waals surface area contributed by atoms with Crippen molar-refractivity contribution in [3.8, 4) is 40.5 Å². The standard InChI is InChI=1S/C23H22N4O4S/c1-28-16-9-13(10-17(29-2)21(16)30-3)20-19-18(12-5-7-14(32-4)8-6-12)15(11-24)22(25)31-23(19)27-26-20/h5-10,18H,25H2,1-4H3,(H,26,27)/t18-/m0/s1. The highest BCUT2D eigenvalue weighted by Crippen LogP contribution is 2.48. The van der Waals surface area contributed by atoms with Gasteiger partial charge in [0.2, 0.25) is 17.5 Å². The van der Waals surface area contributed by atoms with Crippen molar-refractivity contribution in [1.29, 1.82) is 5.26 Å². The second-order valence-corrected chi connectivity index (χ2v) is 7.81. The van der Waals surface area contributed by atoms with E-state index in [0.29, 0.717) is 40.0 Å². The Hall–Kier alpha value is -3.77. The number of H-pyrrole nitrogens is 1. The third kappa shape index (κ3) is 3.48. The molecule has 9 heteroatoms. The number of aromatic nitrogens is 2. The fourth-order valence-corrected chi connectivity index (χ4v) is 4.23. The highest BCUT2D eigenvalue weighted by Gasteiger charge is 2.36. The van der Waals surface area contributed by atoms with Crippen LogP contribution in [0.2, 0.25) is 0 Å². The molecule has 0 aliphatic carbocycles. The minimum Gasteiger partial charge on any atom is -0.493 e. The molecule has 1 aromatic heterocycles. The van der Waals surface area contributed by atoms with Crippen LogP contribution in [0.25, 0.3) is 11.3 Å². The van der Waals surface area contributed by atoms with Crippen LogP contribution in [0.15, 0.2) is 52.7 Å². The number of nitrogens with one attached hydrogen (secondary N) is 1. The number of hydrogen-bond acceptors (Lipinski definition) is 8. The third-order valence-electron chi connectivity index (χ3n) is 5.34. The van der Waals surface area contributed by atoms with Gasteiger partial charge < -0.3 is 24.7 Å². The van der Waals surface area contributed by atoms with Gasteiger partial charge in [0.05, 0.1) is 38.5 Å². The molecular weight excluding hydrogens is 428 g/mol. The van der Waals surface area contributed by atoms with Gasteiger partial charge in [-0.3, -0.25) is 5.10 Å². The number of hydrogen-bond donors (Lipinski definition) is 2. The average molecular weight is 451 g/mol. The van der Waals surface area contributed by atoms with Crippen molar-refractivity contribution in [2.45, 2.75) is 10.8 Å². The Bertz CT molecular complexity index is 1200. The van der Waals surface area contributed by atoms with Gasteiger partial charge >= 0.3 is 0 Å². The zero-order valence-electron chi connectivity index (χ0n) is 18.1. The summed E-state index contributed by atoms with van der Waals surface area (Å²) in [6.45, 7) is 0. The van der Waals surface area contributed by atoms with Crippen LogP contribution in [0.4, 0.5) is 0 Å². The van der Waals surface area contributed by atoms with Gasteiger partial charge in [-0.05, 0) is 36.1 Å². The van der Waals surface area contributed by atoms with Crippen LogP contribution in [0.1, 0.15) is 17.0 Å². The smallest absolute Gasteiger partial charge is 0.244 e. The van der Waals surface area contributed by atoms with E-state index in [1.165, 1.54) is 0 Å². The lowest BCUT2D eigenvalue weighted by molar-refractivity contribution is 0.324. The minimum atomic E-state index is -0.451. The lowest BCUT2D eigenvalue weighted by Gasteiger charge is -2.24. The largest absolute Gasteiger partial charge is 0.493 e. The Kier molecular flexibility index (Phi) is 5.88. The van der Waals surface area contributed by atoms with E-state index in [0.717, 1.165) is 16.0 Å². The molecule has 2 aromatic carbocycles. The number of fused-ring (bicyclic) bond motifs is 1. The molecule has 0 amide bonds. The summed E-state index contributed by atoms with van der Waals surface area (Å²) in [6, 6.07) is 13.9. The van der Waals surface area contributed by atoms with Gasteiger partial charge in [-0.25, -0.2) is 0 Å². The Balaban J connectivity index is 1.93. The highest BCUT2D eigenvalue weighted by atomic mass is 32.2. The zero-order valence-corrected chi connectivity index (χ0v) is 18.9. The molecule has 2 heterocycles. The molecule has 3 N–H and O–H groups in total. The normalized spacial score (nSPS) is 14.9. The van der Waals surface area contributed by atoms with E-state index in [1.54, 1.807) is 33.1 Å². The first kappa shape index (κ1) is 21.5. The van der Waals surface area contributed by atoms with E-state index in [9.17, 15) is 5.26 Å². The van der Waals surface area contributed by atoms with Crippen LogP contribution in [0.3, 0.4) is 0 Å². The van der Waals surface area contributed by atoms with Crippen LogP contribution < -0.4 is 24.7 Å². The summed E-state index contributed by atoms with van der Waals surface area (Å²) in [5.41, 5.74) is 9.43. The van der Waals surface area contributed by atoms with Gasteiger partial charge in [0.25, 0.3) is 0 Å². The Morgan fingerprint density at radius 3 is 2.28 bits per heavy atom. The maximum Gasteiger partial charge on any atom is 0.244 e. The summed E-state index contributed by atoms with van der Waals surface area (Å²) in [5.74, 6) is 1.39. The van der Waals surface area contributed by atoms with Crippen molar-refractivity contribution in [2.24, 2.45) is 5.73 Å². The highest BCUT2D eigenvalue weighted by molar-refractivity contribution is 7.98. The molecular formula is C23H22N4O4S. The maximum atomic E-state index is 9.89. The van der Waals surface area contributed by atoms with Crippen LogP contribution in [0.5, 0.6) is 23.1 Å². The van der Waals surface area contributed by atoms with E-state index in [1.807, 2.05) is 42.7 Å². The molecule has 1 atom stereocenters. The Morgan fingerprint density at radius 1 is 1.09 bits per heavy atom. The van der Waals surface area contributed by atoms with Crippen molar-refractivity contribution < 1.29 is 18.9 Å². The van der Waals surface area contributed by atoms with Crippen molar-refractivity contribution >= 4 is 11.8 Å². The quantitative estimate of drug-likeness (QED) is 0.541. The molecule has 0 bridgehead atoms. The fraction of sp³-hybridized carbons (Fsp3) is 0.217. The molecule has 0 saturated heterocycles. The molecule has 1 aliphatic heterocycles. The Morgan fingerprint density at radius 2 is 1.75 bits per heavy atom. The average Bonchev–Trinajstić information content (AvgIpc) is 3.25. The number of nitriles is 1. The summed E-state index contributed by atoms with van der Waals surface area (Å²) in [4.78, 5) is 1.12.